The summed E-state index contributed by atoms with van der Waals surface area (Å²) in [6.45, 7) is 2.20. The maximum Gasteiger partial charge on any atom is 0.271 e. The number of fused-ring (bicyclic) bond motifs is 1. The van der Waals surface area contributed by atoms with Crippen LogP contribution in [0, 0.1) is 6.92 Å². The average molecular weight is 424 g/mol. The molecule has 0 spiro atoms. The number of carbonyl (C=O) groups is 1. The highest BCUT2D eigenvalue weighted by molar-refractivity contribution is 5.96. The van der Waals surface area contributed by atoms with E-state index in [0.29, 0.717) is 17.1 Å². The number of nitrogens with zero attached hydrogens (tertiary/aromatic N) is 3. The molecule has 0 saturated carbocycles. The van der Waals surface area contributed by atoms with Gasteiger partial charge in [0.05, 0.1) is 11.9 Å². The molecule has 4 aromatic rings. The van der Waals surface area contributed by atoms with Crippen LogP contribution in [0.3, 0.4) is 0 Å². The Balaban J connectivity index is 1.42. The molecule has 0 atom stereocenters. The van der Waals surface area contributed by atoms with Crippen LogP contribution in [0.15, 0.2) is 84.1 Å². The van der Waals surface area contributed by atoms with Gasteiger partial charge >= 0.3 is 0 Å². The molecule has 0 fully saturated rings. The summed E-state index contributed by atoms with van der Waals surface area (Å²) in [5, 5.41) is 8.95. The van der Waals surface area contributed by atoms with E-state index in [0.717, 1.165) is 28.1 Å². The highest BCUT2D eigenvalue weighted by atomic mass is 16.7. The first-order valence-corrected chi connectivity index (χ1v) is 10.1. The third-order valence-electron chi connectivity index (χ3n) is 5.06. The van der Waals surface area contributed by atoms with Gasteiger partial charge in [-0.25, -0.2) is 10.1 Å². The fraction of sp³-hybridized carbons (Fsp3) is 0.0800. The van der Waals surface area contributed by atoms with Crippen molar-refractivity contribution in [2.24, 2.45) is 5.10 Å². The predicted octanol–water partition coefficient (Wildman–Crippen LogP) is 4.34. The number of hydrogen-bond donors (Lipinski definition) is 1. The number of hydrazone groups is 1. The highest BCUT2D eigenvalue weighted by Crippen LogP contribution is 2.32. The Morgan fingerprint density at radius 2 is 1.88 bits per heavy atom. The molecule has 0 aliphatic carbocycles. The van der Waals surface area contributed by atoms with Gasteiger partial charge in [-0.2, -0.15) is 10.2 Å². The molecule has 7 heteroatoms. The number of amides is 1. The number of benzene rings is 3. The molecule has 3 aromatic carbocycles. The van der Waals surface area contributed by atoms with Gasteiger partial charge in [-0.1, -0.05) is 42.0 Å². The molecule has 0 radical (unpaired) electrons. The molecule has 158 valence electrons. The van der Waals surface area contributed by atoms with Gasteiger partial charge < -0.3 is 9.47 Å². The van der Waals surface area contributed by atoms with Crippen LogP contribution in [0.5, 0.6) is 11.5 Å². The molecule has 1 aliphatic heterocycles. The third kappa shape index (κ3) is 3.96. The van der Waals surface area contributed by atoms with Gasteiger partial charge in [-0.05, 0) is 43.3 Å². The van der Waals surface area contributed by atoms with Crippen molar-refractivity contribution >= 4 is 12.1 Å². The van der Waals surface area contributed by atoms with E-state index in [1.807, 2.05) is 61.7 Å². The second kappa shape index (κ2) is 8.39. The Hall–Kier alpha value is -4.39. The molecule has 7 nitrogen and oxygen atoms in total. The predicted molar refractivity (Wildman–Crippen MR) is 121 cm³/mol. The lowest BCUT2D eigenvalue weighted by Gasteiger charge is -2.02. The molecule has 1 aromatic heterocycles. The zero-order valence-corrected chi connectivity index (χ0v) is 17.4. The first-order chi connectivity index (χ1) is 15.7. The Kier molecular flexibility index (Phi) is 5.13. The number of aromatic nitrogens is 2. The topological polar surface area (TPSA) is 77.7 Å². The molecule has 1 N–H and O–H groups in total. The van der Waals surface area contributed by atoms with Crippen molar-refractivity contribution in [1.29, 1.82) is 0 Å². The number of para-hydroxylation sites is 1. The minimum atomic E-state index is -0.341. The fourth-order valence-electron chi connectivity index (χ4n) is 3.47. The van der Waals surface area contributed by atoms with Crippen LogP contribution in [-0.2, 0) is 0 Å². The molecule has 1 amide bonds. The minimum absolute atomic E-state index is 0.158. The number of carbonyl (C=O) groups excluding carboxylic acids is 1. The van der Waals surface area contributed by atoms with Crippen molar-refractivity contribution in [1.82, 2.24) is 15.2 Å². The summed E-state index contributed by atoms with van der Waals surface area (Å²) in [6, 6.07) is 23.0. The summed E-state index contributed by atoms with van der Waals surface area (Å²) in [5.74, 6) is 0.834. The van der Waals surface area contributed by atoms with E-state index in [9.17, 15) is 4.79 Å². The third-order valence-corrected chi connectivity index (χ3v) is 5.06. The number of hydrogen-bond acceptors (Lipinski definition) is 5. The highest BCUT2D eigenvalue weighted by Gasteiger charge is 2.16. The first kappa shape index (κ1) is 19.6. The lowest BCUT2D eigenvalue weighted by molar-refractivity contribution is 0.0954. The summed E-state index contributed by atoms with van der Waals surface area (Å²) < 4.78 is 12.4. The molecule has 5 rings (SSSR count). The average Bonchev–Trinajstić information content (AvgIpc) is 3.46. The molecule has 0 unspecified atom stereocenters. The van der Waals surface area contributed by atoms with Crippen LogP contribution in [0.2, 0.25) is 0 Å². The summed E-state index contributed by atoms with van der Waals surface area (Å²) in [4.78, 5) is 12.5. The van der Waals surface area contributed by atoms with Gasteiger partial charge in [-0.3, -0.25) is 4.79 Å². The van der Waals surface area contributed by atoms with Crippen LogP contribution in [-0.4, -0.2) is 28.7 Å². The molecular formula is C25H20N4O3. The van der Waals surface area contributed by atoms with E-state index < -0.39 is 0 Å². The van der Waals surface area contributed by atoms with E-state index in [2.05, 4.69) is 16.6 Å². The fourth-order valence-corrected chi connectivity index (χ4v) is 3.47. The quantitative estimate of drug-likeness (QED) is 0.382. The van der Waals surface area contributed by atoms with Crippen molar-refractivity contribution < 1.29 is 14.3 Å². The lowest BCUT2D eigenvalue weighted by atomic mass is 10.1. The lowest BCUT2D eigenvalue weighted by Crippen LogP contribution is -2.17. The van der Waals surface area contributed by atoms with E-state index in [4.69, 9.17) is 14.6 Å². The van der Waals surface area contributed by atoms with E-state index in [1.165, 1.54) is 0 Å². The van der Waals surface area contributed by atoms with Crippen LogP contribution in [0.25, 0.3) is 16.9 Å². The Morgan fingerprint density at radius 1 is 1.03 bits per heavy atom. The zero-order valence-electron chi connectivity index (χ0n) is 17.4. The van der Waals surface area contributed by atoms with E-state index >= 15 is 0 Å². The Bertz CT molecular complexity index is 1310. The summed E-state index contributed by atoms with van der Waals surface area (Å²) in [5.41, 5.74) is 7.62. The molecular weight excluding hydrogens is 404 g/mol. The normalized spacial score (nSPS) is 12.3. The second-order valence-electron chi connectivity index (χ2n) is 7.35. The van der Waals surface area contributed by atoms with Crippen molar-refractivity contribution in [2.45, 2.75) is 6.92 Å². The SMILES string of the molecule is Cc1cccc(-c2nn(-c3ccccc3)cc2C=NNC(=O)c2ccc3c(c2)OCO3)c1. The smallest absolute Gasteiger partial charge is 0.271 e. The Morgan fingerprint density at radius 3 is 2.72 bits per heavy atom. The monoisotopic (exact) mass is 424 g/mol. The summed E-state index contributed by atoms with van der Waals surface area (Å²) in [7, 11) is 0. The zero-order chi connectivity index (χ0) is 21.9. The van der Waals surface area contributed by atoms with Crippen LogP contribution in [0.4, 0.5) is 0 Å². The van der Waals surface area contributed by atoms with Crippen LogP contribution >= 0.6 is 0 Å². The van der Waals surface area contributed by atoms with Crippen molar-refractivity contribution in [2.75, 3.05) is 6.79 Å². The first-order valence-electron chi connectivity index (χ1n) is 10.1. The van der Waals surface area contributed by atoms with Gasteiger partial charge in [0.1, 0.15) is 5.69 Å². The van der Waals surface area contributed by atoms with Crippen LogP contribution in [0.1, 0.15) is 21.5 Å². The van der Waals surface area contributed by atoms with Crippen molar-refractivity contribution in [3.05, 3.63) is 95.7 Å². The number of aryl methyl sites for hydroxylation is 1. The van der Waals surface area contributed by atoms with E-state index in [-0.39, 0.29) is 12.7 Å². The number of ether oxygens (including phenoxy) is 2. The molecule has 0 saturated heterocycles. The van der Waals surface area contributed by atoms with Gasteiger partial charge in [0.15, 0.2) is 11.5 Å². The van der Waals surface area contributed by atoms with Crippen molar-refractivity contribution in [3.8, 4) is 28.4 Å². The largest absolute Gasteiger partial charge is 0.454 e. The van der Waals surface area contributed by atoms with E-state index in [1.54, 1.807) is 29.1 Å². The van der Waals surface area contributed by atoms with Gasteiger partial charge in [0.25, 0.3) is 5.91 Å². The summed E-state index contributed by atoms with van der Waals surface area (Å²) in [6.07, 6.45) is 3.50. The van der Waals surface area contributed by atoms with Gasteiger partial charge in [0.2, 0.25) is 6.79 Å². The van der Waals surface area contributed by atoms with Gasteiger partial charge in [0, 0.05) is 22.9 Å². The number of nitrogens with one attached hydrogen (secondary N) is 1. The standard InChI is InChI=1S/C25H20N4O3/c1-17-6-5-7-18(12-17)24-20(15-29(28-24)21-8-3-2-4-9-21)14-26-27-25(30)19-10-11-22-23(13-19)32-16-31-22/h2-15H,16H2,1H3,(H,27,30). The maximum absolute atomic E-state index is 12.5. The number of rotatable bonds is 5. The van der Waals surface area contributed by atoms with Crippen molar-refractivity contribution in [3.63, 3.8) is 0 Å². The summed E-state index contributed by atoms with van der Waals surface area (Å²) >= 11 is 0. The van der Waals surface area contributed by atoms with Crippen LogP contribution < -0.4 is 14.9 Å². The maximum atomic E-state index is 12.5. The minimum Gasteiger partial charge on any atom is -0.454 e. The molecule has 2 heterocycles. The second-order valence-corrected chi connectivity index (χ2v) is 7.35. The molecule has 32 heavy (non-hydrogen) atoms. The molecule has 0 bridgehead atoms. The Labute approximate surface area is 184 Å². The van der Waals surface area contributed by atoms with Gasteiger partial charge in [-0.15, -0.1) is 0 Å². The molecule has 1 aliphatic rings.